The van der Waals surface area contributed by atoms with Crippen LogP contribution >= 0.6 is 11.3 Å². The van der Waals surface area contributed by atoms with Crippen molar-refractivity contribution < 1.29 is 4.74 Å². The zero-order chi connectivity index (χ0) is 14.5. The Balaban J connectivity index is 1.49. The Hall–Kier alpha value is -1.83. The van der Waals surface area contributed by atoms with Gasteiger partial charge in [0, 0.05) is 24.0 Å². The van der Waals surface area contributed by atoms with Crippen LogP contribution in [0.1, 0.15) is 23.3 Å². The van der Waals surface area contributed by atoms with Gasteiger partial charge in [0.2, 0.25) is 0 Å². The third-order valence-corrected chi connectivity index (χ3v) is 4.49. The minimum Gasteiger partial charge on any atom is -0.492 e. The van der Waals surface area contributed by atoms with Crippen LogP contribution in [0.4, 0.5) is 0 Å². The highest BCUT2D eigenvalue weighted by atomic mass is 32.1. The fraction of sp³-hybridized carbons (Fsp3) is 0.353. The van der Waals surface area contributed by atoms with Gasteiger partial charge in [0.15, 0.2) is 0 Å². The van der Waals surface area contributed by atoms with Crippen LogP contribution < -0.4 is 4.74 Å². The number of hydrogen-bond donors (Lipinski definition) is 0. The molecule has 1 aromatic heterocycles. The molecule has 0 atom stereocenters. The van der Waals surface area contributed by atoms with Gasteiger partial charge < -0.3 is 4.74 Å². The fourth-order valence-electron chi connectivity index (χ4n) is 2.34. The maximum Gasteiger partial charge on any atom is 0.119 e. The van der Waals surface area contributed by atoms with E-state index in [2.05, 4.69) is 28.5 Å². The van der Waals surface area contributed by atoms with Crippen molar-refractivity contribution in [2.75, 3.05) is 13.2 Å². The summed E-state index contributed by atoms with van der Waals surface area (Å²) in [4.78, 5) is 3.93. The Morgan fingerprint density at radius 2 is 2.05 bits per heavy atom. The second-order valence-corrected chi connectivity index (χ2v) is 6.30. The van der Waals surface area contributed by atoms with E-state index >= 15 is 0 Å². The van der Waals surface area contributed by atoms with Crippen LogP contribution in [0.3, 0.4) is 0 Å². The summed E-state index contributed by atoms with van der Waals surface area (Å²) in [6.07, 6.45) is 2.62. The van der Waals surface area contributed by atoms with Crippen molar-refractivity contribution in [2.45, 2.75) is 25.4 Å². The summed E-state index contributed by atoms with van der Waals surface area (Å²) >= 11 is 1.82. The molecule has 3 rings (SSSR count). The minimum absolute atomic E-state index is 0.666. The second kappa shape index (κ2) is 6.75. The van der Waals surface area contributed by atoms with Gasteiger partial charge in [0.05, 0.1) is 11.6 Å². The number of nitrogens with zero attached hydrogens (tertiary/aromatic N) is 2. The van der Waals surface area contributed by atoms with Crippen molar-refractivity contribution in [2.24, 2.45) is 0 Å². The van der Waals surface area contributed by atoms with E-state index in [0.29, 0.717) is 12.2 Å². The third-order valence-electron chi connectivity index (χ3n) is 3.63. The van der Waals surface area contributed by atoms with Crippen molar-refractivity contribution in [1.29, 1.82) is 5.26 Å². The summed E-state index contributed by atoms with van der Waals surface area (Å²) in [6.45, 7) is 2.66. The molecule has 21 heavy (non-hydrogen) atoms. The lowest BCUT2D eigenvalue weighted by Crippen LogP contribution is -2.29. The van der Waals surface area contributed by atoms with Crippen molar-refractivity contribution in [1.82, 2.24) is 4.90 Å². The summed E-state index contributed by atoms with van der Waals surface area (Å²) in [5, 5.41) is 10.9. The summed E-state index contributed by atoms with van der Waals surface area (Å²) in [5.41, 5.74) is 0.666. The van der Waals surface area contributed by atoms with Crippen LogP contribution in [0.15, 0.2) is 41.8 Å². The molecule has 108 valence electrons. The number of nitriles is 1. The lowest BCUT2D eigenvalue weighted by molar-refractivity contribution is 0.196. The Bertz CT molecular complexity index is 597. The quantitative estimate of drug-likeness (QED) is 0.782. The molecule has 1 aliphatic rings. The molecule has 1 saturated carbocycles. The topological polar surface area (TPSA) is 36.3 Å². The molecule has 2 aromatic rings. The van der Waals surface area contributed by atoms with E-state index in [1.165, 1.54) is 17.7 Å². The average molecular weight is 298 g/mol. The molecule has 1 aromatic carbocycles. The largest absolute Gasteiger partial charge is 0.492 e. The van der Waals surface area contributed by atoms with Crippen molar-refractivity contribution in [3.8, 4) is 11.8 Å². The van der Waals surface area contributed by atoms with Crippen molar-refractivity contribution >= 4 is 11.3 Å². The molecule has 1 aliphatic carbocycles. The number of rotatable bonds is 7. The number of ether oxygens (including phenoxy) is 1. The highest BCUT2D eigenvalue weighted by Crippen LogP contribution is 2.28. The summed E-state index contributed by atoms with van der Waals surface area (Å²) in [6, 6.07) is 14.5. The number of thiophene rings is 1. The minimum atomic E-state index is 0.666. The SMILES string of the molecule is N#Cc1ccc(OCCN(Cc2cccs2)C2CC2)cc1. The maximum atomic E-state index is 8.77. The maximum absolute atomic E-state index is 8.77. The van der Waals surface area contributed by atoms with E-state index < -0.39 is 0 Å². The average Bonchev–Trinajstić information content (AvgIpc) is 3.24. The molecule has 0 unspecified atom stereocenters. The van der Waals surface area contributed by atoms with Gasteiger partial charge >= 0.3 is 0 Å². The summed E-state index contributed by atoms with van der Waals surface area (Å²) in [5.74, 6) is 0.834. The van der Waals surface area contributed by atoms with Gasteiger partial charge in [-0.05, 0) is 48.6 Å². The standard InChI is InChI=1S/C17H18N2OS/c18-12-14-3-7-16(8-4-14)20-10-9-19(15-5-6-15)13-17-2-1-11-21-17/h1-4,7-8,11,15H,5-6,9-10,13H2. The van der Waals surface area contributed by atoms with Crippen molar-refractivity contribution in [3.05, 3.63) is 52.2 Å². The molecule has 3 nitrogen and oxygen atoms in total. The molecule has 0 spiro atoms. The zero-order valence-electron chi connectivity index (χ0n) is 11.9. The Kier molecular flexibility index (Phi) is 4.54. The van der Waals surface area contributed by atoms with Crippen LogP contribution in [0.25, 0.3) is 0 Å². The van der Waals surface area contributed by atoms with Crippen LogP contribution in [0, 0.1) is 11.3 Å². The molecular formula is C17H18N2OS. The van der Waals surface area contributed by atoms with E-state index in [0.717, 1.165) is 24.9 Å². The first-order valence-electron chi connectivity index (χ1n) is 7.24. The fourth-order valence-corrected chi connectivity index (χ4v) is 3.07. The van der Waals surface area contributed by atoms with E-state index in [4.69, 9.17) is 10.00 Å². The van der Waals surface area contributed by atoms with Crippen LogP contribution in [0.2, 0.25) is 0 Å². The van der Waals surface area contributed by atoms with Gasteiger partial charge in [-0.25, -0.2) is 0 Å². The van der Waals surface area contributed by atoms with Crippen molar-refractivity contribution in [3.63, 3.8) is 0 Å². The number of hydrogen-bond acceptors (Lipinski definition) is 4. The van der Waals surface area contributed by atoms with Gasteiger partial charge in [0.25, 0.3) is 0 Å². The molecule has 0 N–H and O–H groups in total. The molecular weight excluding hydrogens is 280 g/mol. The molecule has 0 amide bonds. The lowest BCUT2D eigenvalue weighted by Gasteiger charge is -2.21. The van der Waals surface area contributed by atoms with Crippen LogP contribution in [0.5, 0.6) is 5.75 Å². The first kappa shape index (κ1) is 14.1. The van der Waals surface area contributed by atoms with E-state index in [-0.39, 0.29) is 0 Å². The molecule has 0 bridgehead atoms. The second-order valence-electron chi connectivity index (χ2n) is 5.27. The summed E-state index contributed by atoms with van der Waals surface area (Å²) < 4.78 is 5.79. The molecule has 0 saturated heterocycles. The monoisotopic (exact) mass is 298 g/mol. The zero-order valence-corrected chi connectivity index (χ0v) is 12.7. The Labute approximate surface area is 129 Å². The van der Waals surface area contributed by atoms with E-state index in [9.17, 15) is 0 Å². The first-order chi connectivity index (χ1) is 10.3. The molecule has 1 heterocycles. The Morgan fingerprint density at radius 3 is 2.67 bits per heavy atom. The van der Waals surface area contributed by atoms with Crippen LogP contribution in [-0.2, 0) is 6.54 Å². The normalized spacial score (nSPS) is 14.1. The molecule has 1 fully saturated rings. The summed E-state index contributed by atoms with van der Waals surface area (Å²) in [7, 11) is 0. The Morgan fingerprint density at radius 1 is 1.24 bits per heavy atom. The first-order valence-corrected chi connectivity index (χ1v) is 8.12. The molecule has 0 radical (unpaired) electrons. The van der Waals surface area contributed by atoms with Gasteiger partial charge in [-0.15, -0.1) is 11.3 Å². The highest BCUT2D eigenvalue weighted by Gasteiger charge is 2.28. The lowest BCUT2D eigenvalue weighted by atomic mass is 10.2. The van der Waals surface area contributed by atoms with E-state index in [1.54, 1.807) is 12.1 Å². The number of benzene rings is 1. The van der Waals surface area contributed by atoms with Gasteiger partial charge in [-0.2, -0.15) is 5.26 Å². The third kappa shape index (κ3) is 4.07. The molecule has 0 aliphatic heterocycles. The highest BCUT2D eigenvalue weighted by molar-refractivity contribution is 7.09. The van der Waals surface area contributed by atoms with Gasteiger partial charge in [-0.3, -0.25) is 4.90 Å². The molecule has 4 heteroatoms. The smallest absolute Gasteiger partial charge is 0.119 e. The van der Waals surface area contributed by atoms with E-state index in [1.807, 2.05) is 23.5 Å². The van der Waals surface area contributed by atoms with Gasteiger partial charge in [-0.1, -0.05) is 6.07 Å². The van der Waals surface area contributed by atoms with Crippen LogP contribution in [-0.4, -0.2) is 24.1 Å². The predicted octanol–water partition coefficient (Wildman–Crippen LogP) is 3.66. The van der Waals surface area contributed by atoms with Gasteiger partial charge in [0.1, 0.15) is 12.4 Å². The predicted molar refractivity (Wildman–Crippen MR) is 84.4 cm³/mol.